The minimum atomic E-state index is 0.129. The van der Waals surface area contributed by atoms with Crippen LogP contribution in [0.4, 0.5) is 0 Å². The first kappa shape index (κ1) is 14.9. The topological polar surface area (TPSA) is 33.2 Å². The number of halogens is 1. The highest BCUT2D eigenvalue weighted by Gasteiger charge is 2.12. The van der Waals surface area contributed by atoms with E-state index in [4.69, 9.17) is 0 Å². The Labute approximate surface area is 127 Å². The van der Waals surface area contributed by atoms with E-state index in [1.165, 1.54) is 0 Å². The summed E-state index contributed by atoms with van der Waals surface area (Å²) in [6.45, 7) is 3.97. The van der Waals surface area contributed by atoms with Crippen LogP contribution >= 0.6 is 15.9 Å². The summed E-state index contributed by atoms with van der Waals surface area (Å²) in [5.41, 5.74) is 1.72. The van der Waals surface area contributed by atoms with Gasteiger partial charge in [-0.15, -0.1) is 0 Å². The lowest BCUT2D eigenvalue weighted by Gasteiger charge is -2.19. The third-order valence-corrected chi connectivity index (χ3v) is 3.57. The third kappa shape index (κ3) is 4.25. The van der Waals surface area contributed by atoms with E-state index in [0.29, 0.717) is 13.1 Å². The smallest absolute Gasteiger partial charge is 0.176 e. The molecule has 2 aromatic rings. The highest BCUT2D eigenvalue weighted by atomic mass is 79.9. The number of hydrogen-bond acceptors (Lipinski definition) is 3. The maximum atomic E-state index is 12.3. The summed E-state index contributed by atoms with van der Waals surface area (Å²) in [7, 11) is 0. The molecular formula is C16H17BrN2O. The Bertz CT molecular complexity index is 572. The van der Waals surface area contributed by atoms with Crippen molar-refractivity contribution < 1.29 is 4.79 Å². The number of rotatable bonds is 6. The van der Waals surface area contributed by atoms with Crippen molar-refractivity contribution in [3.8, 4) is 0 Å². The van der Waals surface area contributed by atoms with Crippen molar-refractivity contribution in [2.75, 3.05) is 13.1 Å². The zero-order chi connectivity index (χ0) is 14.4. The first-order valence-corrected chi connectivity index (χ1v) is 7.39. The molecular weight excluding hydrogens is 316 g/mol. The van der Waals surface area contributed by atoms with Crippen molar-refractivity contribution in [3.05, 3.63) is 64.4 Å². The first-order valence-electron chi connectivity index (χ1n) is 6.60. The maximum Gasteiger partial charge on any atom is 0.176 e. The minimum Gasteiger partial charge on any atom is -0.293 e. The number of pyridine rings is 1. The number of benzene rings is 1. The fraction of sp³-hybridized carbons (Fsp3) is 0.250. The van der Waals surface area contributed by atoms with Crippen molar-refractivity contribution in [2.24, 2.45) is 0 Å². The number of nitrogens with zero attached hydrogens (tertiary/aromatic N) is 2. The Balaban J connectivity index is 2.01. The molecule has 1 heterocycles. The van der Waals surface area contributed by atoms with Gasteiger partial charge in [-0.25, -0.2) is 0 Å². The van der Waals surface area contributed by atoms with Crippen LogP contribution in [0, 0.1) is 0 Å². The molecule has 0 atom stereocenters. The summed E-state index contributed by atoms with van der Waals surface area (Å²) in [4.78, 5) is 18.7. The quantitative estimate of drug-likeness (QED) is 0.758. The Kier molecular flexibility index (Phi) is 5.44. The molecule has 0 unspecified atom stereocenters. The molecule has 0 saturated heterocycles. The lowest BCUT2D eigenvalue weighted by molar-refractivity contribution is 0.0928. The highest BCUT2D eigenvalue weighted by molar-refractivity contribution is 9.10. The predicted octanol–water partition coefficient (Wildman–Crippen LogP) is 3.55. The lowest BCUT2D eigenvalue weighted by atomic mass is 10.1. The van der Waals surface area contributed by atoms with Gasteiger partial charge in [0, 0.05) is 22.8 Å². The van der Waals surface area contributed by atoms with Gasteiger partial charge in [-0.05, 0) is 30.8 Å². The molecule has 3 nitrogen and oxygen atoms in total. The Morgan fingerprint density at radius 3 is 2.75 bits per heavy atom. The second-order valence-corrected chi connectivity index (χ2v) is 5.47. The molecule has 0 saturated carbocycles. The van der Waals surface area contributed by atoms with E-state index in [0.717, 1.165) is 22.3 Å². The summed E-state index contributed by atoms with van der Waals surface area (Å²) >= 11 is 3.39. The van der Waals surface area contributed by atoms with Gasteiger partial charge in [0.05, 0.1) is 12.2 Å². The number of aromatic nitrogens is 1. The van der Waals surface area contributed by atoms with Gasteiger partial charge in [-0.1, -0.05) is 41.1 Å². The molecule has 2 rings (SSSR count). The van der Waals surface area contributed by atoms with Crippen molar-refractivity contribution >= 4 is 21.7 Å². The first-order chi connectivity index (χ1) is 9.69. The molecule has 0 spiro atoms. The monoisotopic (exact) mass is 332 g/mol. The van der Waals surface area contributed by atoms with Crippen LogP contribution in [0.5, 0.6) is 0 Å². The SMILES string of the molecule is CCN(CC(=O)c1cccc(Br)c1)Cc1ccccn1. The van der Waals surface area contributed by atoms with Crippen LogP contribution in [0.25, 0.3) is 0 Å². The van der Waals surface area contributed by atoms with Crippen LogP contribution in [0.2, 0.25) is 0 Å². The second-order valence-electron chi connectivity index (χ2n) is 4.56. The average Bonchev–Trinajstić information content (AvgIpc) is 2.47. The number of likely N-dealkylation sites (N-methyl/N-ethyl adjacent to an activating group) is 1. The molecule has 0 aliphatic heterocycles. The highest BCUT2D eigenvalue weighted by Crippen LogP contribution is 2.13. The molecule has 104 valence electrons. The lowest BCUT2D eigenvalue weighted by Crippen LogP contribution is -2.29. The van der Waals surface area contributed by atoms with Crippen molar-refractivity contribution in [1.29, 1.82) is 0 Å². The fourth-order valence-corrected chi connectivity index (χ4v) is 2.36. The number of carbonyl (C=O) groups is 1. The summed E-state index contributed by atoms with van der Waals surface area (Å²) in [5, 5.41) is 0. The van der Waals surface area contributed by atoms with E-state index in [9.17, 15) is 4.79 Å². The molecule has 0 radical (unpaired) electrons. The van der Waals surface area contributed by atoms with Crippen LogP contribution in [0.15, 0.2) is 53.1 Å². The number of hydrogen-bond donors (Lipinski definition) is 0. The Morgan fingerprint density at radius 2 is 2.10 bits per heavy atom. The zero-order valence-electron chi connectivity index (χ0n) is 11.4. The van der Waals surface area contributed by atoms with Crippen molar-refractivity contribution in [2.45, 2.75) is 13.5 Å². The molecule has 1 aromatic carbocycles. The van der Waals surface area contributed by atoms with Crippen molar-refractivity contribution in [3.63, 3.8) is 0 Å². The fourth-order valence-electron chi connectivity index (χ4n) is 1.96. The van der Waals surface area contributed by atoms with Gasteiger partial charge in [-0.2, -0.15) is 0 Å². The Hall–Kier alpha value is -1.52. The molecule has 0 aliphatic carbocycles. The zero-order valence-corrected chi connectivity index (χ0v) is 13.0. The third-order valence-electron chi connectivity index (χ3n) is 3.07. The average molecular weight is 333 g/mol. The van der Waals surface area contributed by atoms with E-state index in [-0.39, 0.29) is 5.78 Å². The molecule has 20 heavy (non-hydrogen) atoms. The van der Waals surface area contributed by atoms with E-state index >= 15 is 0 Å². The van der Waals surface area contributed by atoms with Gasteiger partial charge in [0.2, 0.25) is 0 Å². The summed E-state index contributed by atoms with van der Waals surface area (Å²) in [6.07, 6.45) is 1.78. The van der Waals surface area contributed by atoms with Gasteiger partial charge < -0.3 is 0 Å². The second kappa shape index (κ2) is 7.31. The van der Waals surface area contributed by atoms with E-state index in [1.54, 1.807) is 6.20 Å². The number of carbonyl (C=O) groups excluding carboxylic acids is 1. The summed E-state index contributed by atoms with van der Waals surface area (Å²) in [6, 6.07) is 13.3. The van der Waals surface area contributed by atoms with E-state index in [1.807, 2.05) is 42.5 Å². The van der Waals surface area contributed by atoms with Gasteiger partial charge >= 0.3 is 0 Å². The number of Topliss-reactive ketones (excluding diaryl/α,β-unsaturated/α-hetero) is 1. The molecule has 0 fully saturated rings. The molecule has 0 N–H and O–H groups in total. The summed E-state index contributed by atoms with van der Waals surface area (Å²) < 4.78 is 0.927. The normalized spacial score (nSPS) is 10.8. The van der Waals surface area contributed by atoms with Crippen LogP contribution in [-0.4, -0.2) is 28.8 Å². The van der Waals surface area contributed by atoms with Crippen LogP contribution in [-0.2, 0) is 6.54 Å². The van der Waals surface area contributed by atoms with Gasteiger partial charge in [0.25, 0.3) is 0 Å². The van der Waals surface area contributed by atoms with Gasteiger partial charge in [0.15, 0.2) is 5.78 Å². The largest absolute Gasteiger partial charge is 0.293 e. The molecule has 4 heteroatoms. The summed E-state index contributed by atoms with van der Waals surface area (Å²) in [5.74, 6) is 0.129. The van der Waals surface area contributed by atoms with Gasteiger partial charge in [-0.3, -0.25) is 14.7 Å². The van der Waals surface area contributed by atoms with Crippen LogP contribution in [0.3, 0.4) is 0 Å². The van der Waals surface area contributed by atoms with E-state index in [2.05, 4.69) is 32.7 Å². The van der Waals surface area contributed by atoms with Crippen LogP contribution < -0.4 is 0 Å². The molecule has 0 amide bonds. The molecule has 1 aromatic heterocycles. The Morgan fingerprint density at radius 1 is 1.25 bits per heavy atom. The van der Waals surface area contributed by atoms with E-state index < -0.39 is 0 Å². The minimum absolute atomic E-state index is 0.129. The number of ketones is 1. The molecule has 0 bridgehead atoms. The van der Waals surface area contributed by atoms with Gasteiger partial charge in [0.1, 0.15) is 0 Å². The standard InChI is InChI=1S/C16H17BrN2O/c1-2-19(11-15-8-3-4-9-18-15)12-16(20)13-6-5-7-14(17)10-13/h3-10H,2,11-12H2,1H3. The van der Waals surface area contributed by atoms with Crippen LogP contribution in [0.1, 0.15) is 23.0 Å². The predicted molar refractivity (Wildman–Crippen MR) is 83.7 cm³/mol. The van der Waals surface area contributed by atoms with Crippen molar-refractivity contribution in [1.82, 2.24) is 9.88 Å². The molecule has 0 aliphatic rings. The maximum absolute atomic E-state index is 12.3.